The maximum absolute atomic E-state index is 12.8. The average molecular weight is 346 g/mol. The number of rotatable bonds is 4. The number of thioether (sulfide) groups is 1. The SMILES string of the molecule is CCOC(=O)C1C(=O)N2CCSC2=NC1c1ccc(C(C)C)cc1. The highest BCUT2D eigenvalue weighted by molar-refractivity contribution is 8.14. The second kappa shape index (κ2) is 6.97. The topological polar surface area (TPSA) is 59.0 Å². The van der Waals surface area contributed by atoms with E-state index < -0.39 is 17.9 Å². The van der Waals surface area contributed by atoms with E-state index in [4.69, 9.17) is 9.73 Å². The highest BCUT2D eigenvalue weighted by Crippen LogP contribution is 2.37. The smallest absolute Gasteiger partial charge is 0.321 e. The zero-order chi connectivity index (χ0) is 17.3. The Kier molecular flexibility index (Phi) is 4.94. The predicted molar refractivity (Wildman–Crippen MR) is 95.0 cm³/mol. The summed E-state index contributed by atoms with van der Waals surface area (Å²) in [5.74, 6) is -0.321. The molecular weight excluding hydrogens is 324 g/mol. The van der Waals surface area contributed by atoms with E-state index in [-0.39, 0.29) is 12.5 Å². The molecule has 0 spiro atoms. The van der Waals surface area contributed by atoms with Crippen molar-refractivity contribution in [1.29, 1.82) is 0 Å². The maximum Gasteiger partial charge on any atom is 0.321 e. The number of hydrogen-bond donors (Lipinski definition) is 0. The first-order valence-corrected chi connectivity index (χ1v) is 9.30. The summed E-state index contributed by atoms with van der Waals surface area (Å²) in [6.45, 7) is 6.88. The Hall–Kier alpha value is -1.82. The number of amides is 1. The number of benzene rings is 1. The zero-order valence-corrected chi connectivity index (χ0v) is 15.0. The normalized spacial score (nSPS) is 23.2. The molecule has 0 saturated carbocycles. The molecular formula is C18H22N2O3S. The summed E-state index contributed by atoms with van der Waals surface area (Å²) in [6.07, 6.45) is 0. The lowest BCUT2D eigenvalue weighted by molar-refractivity contribution is -0.155. The Morgan fingerprint density at radius 3 is 2.71 bits per heavy atom. The molecule has 1 aromatic carbocycles. The quantitative estimate of drug-likeness (QED) is 0.621. The summed E-state index contributed by atoms with van der Waals surface area (Å²) in [5, 5.41) is 0.721. The van der Waals surface area contributed by atoms with Gasteiger partial charge in [-0.25, -0.2) is 0 Å². The van der Waals surface area contributed by atoms with Gasteiger partial charge in [0.1, 0.15) is 6.04 Å². The summed E-state index contributed by atoms with van der Waals surface area (Å²) in [4.78, 5) is 31.5. The summed E-state index contributed by atoms with van der Waals surface area (Å²) >= 11 is 1.57. The van der Waals surface area contributed by atoms with Crippen molar-refractivity contribution in [3.8, 4) is 0 Å². The van der Waals surface area contributed by atoms with Gasteiger partial charge in [-0.3, -0.25) is 19.5 Å². The molecule has 1 aromatic rings. The molecule has 128 valence electrons. The molecule has 6 heteroatoms. The molecule has 0 aromatic heterocycles. The number of esters is 1. The highest BCUT2D eigenvalue weighted by Gasteiger charge is 2.46. The van der Waals surface area contributed by atoms with Crippen LogP contribution in [0.1, 0.15) is 43.9 Å². The predicted octanol–water partition coefficient (Wildman–Crippen LogP) is 2.98. The number of carbonyl (C=O) groups is 2. The van der Waals surface area contributed by atoms with Crippen LogP contribution in [-0.2, 0) is 14.3 Å². The van der Waals surface area contributed by atoms with Crippen molar-refractivity contribution in [3.05, 3.63) is 35.4 Å². The summed E-state index contributed by atoms with van der Waals surface area (Å²) in [6, 6.07) is 7.52. The Balaban J connectivity index is 1.98. The fourth-order valence-corrected chi connectivity index (χ4v) is 4.00. The van der Waals surface area contributed by atoms with E-state index in [1.165, 1.54) is 5.56 Å². The van der Waals surface area contributed by atoms with Gasteiger partial charge in [-0.15, -0.1) is 0 Å². The van der Waals surface area contributed by atoms with Crippen LogP contribution in [0.5, 0.6) is 0 Å². The molecule has 2 heterocycles. The van der Waals surface area contributed by atoms with Crippen LogP contribution in [0.3, 0.4) is 0 Å². The number of carbonyl (C=O) groups excluding carboxylic acids is 2. The van der Waals surface area contributed by atoms with Crippen molar-refractivity contribution in [3.63, 3.8) is 0 Å². The van der Waals surface area contributed by atoms with Gasteiger partial charge in [0, 0.05) is 12.3 Å². The van der Waals surface area contributed by atoms with Crippen molar-refractivity contribution in [2.45, 2.75) is 32.7 Å². The minimum atomic E-state index is -0.891. The van der Waals surface area contributed by atoms with Gasteiger partial charge in [-0.1, -0.05) is 49.9 Å². The lowest BCUT2D eigenvalue weighted by Gasteiger charge is -2.31. The minimum absolute atomic E-state index is 0.193. The highest BCUT2D eigenvalue weighted by atomic mass is 32.2. The fourth-order valence-electron chi connectivity index (χ4n) is 3.02. The first-order valence-electron chi connectivity index (χ1n) is 8.31. The molecule has 1 saturated heterocycles. The molecule has 0 N–H and O–H groups in total. The largest absolute Gasteiger partial charge is 0.465 e. The third kappa shape index (κ3) is 3.07. The van der Waals surface area contributed by atoms with Crippen molar-refractivity contribution in [2.24, 2.45) is 10.9 Å². The van der Waals surface area contributed by atoms with Gasteiger partial charge >= 0.3 is 5.97 Å². The van der Waals surface area contributed by atoms with Gasteiger partial charge in [-0.05, 0) is 24.0 Å². The van der Waals surface area contributed by atoms with Crippen LogP contribution in [0.25, 0.3) is 0 Å². The van der Waals surface area contributed by atoms with Crippen LogP contribution in [0.4, 0.5) is 0 Å². The van der Waals surface area contributed by atoms with Gasteiger partial charge in [-0.2, -0.15) is 0 Å². The van der Waals surface area contributed by atoms with Crippen LogP contribution in [0, 0.1) is 5.92 Å². The summed E-state index contributed by atoms with van der Waals surface area (Å²) < 4.78 is 5.15. The van der Waals surface area contributed by atoms with Gasteiger partial charge in [0.05, 0.1) is 6.61 Å². The van der Waals surface area contributed by atoms with Crippen molar-refractivity contribution in [1.82, 2.24) is 4.90 Å². The van der Waals surface area contributed by atoms with E-state index in [2.05, 4.69) is 13.8 Å². The molecule has 2 unspecified atom stereocenters. The van der Waals surface area contributed by atoms with Crippen LogP contribution >= 0.6 is 11.8 Å². The molecule has 2 aliphatic rings. The van der Waals surface area contributed by atoms with Crippen molar-refractivity contribution >= 4 is 28.8 Å². The van der Waals surface area contributed by atoms with E-state index in [1.807, 2.05) is 24.3 Å². The monoisotopic (exact) mass is 346 g/mol. The number of ether oxygens (including phenoxy) is 1. The lowest BCUT2D eigenvalue weighted by Crippen LogP contribution is -2.46. The van der Waals surface area contributed by atoms with Crippen LogP contribution in [0.15, 0.2) is 29.3 Å². The van der Waals surface area contributed by atoms with E-state index in [1.54, 1.807) is 23.6 Å². The van der Waals surface area contributed by atoms with Crippen molar-refractivity contribution in [2.75, 3.05) is 18.9 Å². The average Bonchev–Trinajstić information content (AvgIpc) is 3.04. The maximum atomic E-state index is 12.8. The second-order valence-electron chi connectivity index (χ2n) is 6.25. The summed E-state index contributed by atoms with van der Waals surface area (Å²) in [5.41, 5.74) is 2.10. The molecule has 24 heavy (non-hydrogen) atoms. The van der Waals surface area contributed by atoms with Crippen LogP contribution < -0.4 is 0 Å². The minimum Gasteiger partial charge on any atom is -0.465 e. The van der Waals surface area contributed by atoms with E-state index >= 15 is 0 Å². The molecule has 5 nitrogen and oxygen atoms in total. The Morgan fingerprint density at radius 1 is 1.38 bits per heavy atom. The number of fused-ring (bicyclic) bond motifs is 1. The zero-order valence-electron chi connectivity index (χ0n) is 14.2. The molecule has 3 rings (SSSR count). The number of hydrogen-bond acceptors (Lipinski definition) is 5. The Labute approximate surface area is 146 Å². The lowest BCUT2D eigenvalue weighted by atomic mass is 9.89. The number of amidine groups is 1. The first-order chi connectivity index (χ1) is 11.5. The van der Waals surface area contributed by atoms with Crippen LogP contribution in [0.2, 0.25) is 0 Å². The second-order valence-corrected chi connectivity index (χ2v) is 7.31. The molecule has 0 radical (unpaired) electrons. The third-order valence-corrected chi connectivity index (χ3v) is 5.33. The molecule has 1 fully saturated rings. The van der Waals surface area contributed by atoms with Crippen molar-refractivity contribution < 1.29 is 14.3 Å². The van der Waals surface area contributed by atoms with Crippen LogP contribution in [-0.4, -0.2) is 40.8 Å². The number of aliphatic imine (C=N–C) groups is 1. The standard InChI is InChI=1S/C18H22N2O3S/c1-4-23-17(22)14-15(13-7-5-12(6-8-13)11(2)3)19-18-20(16(14)21)9-10-24-18/h5-8,11,14-15H,4,9-10H2,1-3H3. The summed E-state index contributed by atoms with van der Waals surface area (Å²) in [7, 11) is 0. The van der Waals surface area contributed by atoms with Gasteiger partial charge in [0.25, 0.3) is 0 Å². The van der Waals surface area contributed by atoms with Gasteiger partial charge in [0.15, 0.2) is 11.1 Å². The molecule has 1 amide bonds. The Bertz CT molecular complexity index is 669. The first kappa shape index (κ1) is 17.0. The molecule has 2 aliphatic heterocycles. The molecule has 2 atom stereocenters. The van der Waals surface area contributed by atoms with E-state index in [0.717, 1.165) is 16.5 Å². The van der Waals surface area contributed by atoms with E-state index in [9.17, 15) is 9.59 Å². The molecule has 0 aliphatic carbocycles. The number of nitrogens with zero attached hydrogens (tertiary/aromatic N) is 2. The van der Waals surface area contributed by atoms with E-state index in [0.29, 0.717) is 12.5 Å². The van der Waals surface area contributed by atoms with Gasteiger partial charge in [0.2, 0.25) is 5.91 Å². The molecule has 0 bridgehead atoms. The fraction of sp³-hybridized carbons (Fsp3) is 0.500. The Morgan fingerprint density at radius 2 is 2.08 bits per heavy atom. The third-order valence-electron chi connectivity index (χ3n) is 4.36. The van der Waals surface area contributed by atoms with Gasteiger partial charge < -0.3 is 4.74 Å².